The number of thiazole rings is 1. The van der Waals surface area contributed by atoms with Crippen LogP contribution < -0.4 is 10.0 Å². The van der Waals surface area contributed by atoms with E-state index in [1.807, 2.05) is 0 Å². The lowest BCUT2D eigenvalue weighted by atomic mass is 10.1. The second-order valence-corrected chi connectivity index (χ2v) is 8.44. The number of benzene rings is 2. The van der Waals surface area contributed by atoms with Crippen LogP contribution in [0.3, 0.4) is 0 Å². The Hall–Kier alpha value is -2.62. The van der Waals surface area contributed by atoms with Crippen LogP contribution in [0, 0.1) is 0 Å². The Morgan fingerprint density at radius 1 is 1.19 bits per heavy atom. The molecule has 10 heteroatoms. The van der Waals surface area contributed by atoms with Crippen molar-refractivity contribution in [2.24, 2.45) is 0 Å². The van der Waals surface area contributed by atoms with Crippen LogP contribution in [0.2, 0.25) is 5.02 Å². The maximum absolute atomic E-state index is 12.3. The van der Waals surface area contributed by atoms with Crippen LogP contribution in [-0.2, 0) is 16.6 Å². The molecule has 0 saturated carbocycles. The molecule has 0 radical (unpaired) electrons. The summed E-state index contributed by atoms with van der Waals surface area (Å²) in [5.74, 6) is -0.663. The fourth-order valence-corrected chi connectivity index (χ4v) is 4.16. The van der Waals surface area contributed by atoms with Crippen molar-refractivity contribution in [2.45, 2.75) is 11.4 Å². The Labute approximate surface area is 164 Å². The summed E-state index contributed by atoms with van der Waals surface area (Å²) in [6.07, 6.45) is 1.51. The van der Waals surface area contributed by atoms with Crippen molar-refractivity contribution in [2.75, 3.05) is 4.72 Å². The number of nitrogens with zero attached hydrogens (tertiary/aromatic N) is 1. The predicted octanol–water partition coefficient (Wildman–Crippen LogP) is 3.23. The van der Waals surface area contributed by atoms with E-state index in [0.717, 1.165) is 0 Å². The minimum atomic E-state index is -3.72. The minimum Gasteiger partial charge on any atom is -0.507 e. The SMILES string of the molecule is O=C(NCc1ccc(S(=O)(=O)Nc2nccs2)cc1)c1cc(Cl)ccc1O. The van der Waals surface area contributed by atoms with Crippen molar-refractivity contribution in [1.29, 1.82) is 0 Å². The molecule has 3 aromatic rings. The van der Waals surface area contributed by atoms with Gasteiger partial charge in [-0.2, -0.15) is 0 Å². The third-order valence-electron chi connectivity index (χ3n) is 3.54. The monoisotopic (exact) mass is 423 g/mol. The number of aromatic hydroxyl groups is 1. The zero-order valence-electron chi connectivity index (χ0n) is 13.7. The first-order valence-corrected chi connectivity index (χ1v) is 10.4. The molecule has 3 N–H and O–H groups in total. The van der Waals surface area contributed by atoms with E-state index in [1.54, 1.807) is 17.5 Å². The van der Waals surface area contributed by atoms with Crippen LogP contribution in [0.25, 0.3) is 0 Å². The Morgan fingerprint density at radius 3 is 2.59 bits per heavy atom. The summed E-state index contributed by atoms with van der Waals surface area (Å²) >= 11 is 7.01. The summed E-state index contributed by atoms with van der Waals surface area (Å²) in [7, 11) is -3.72. The van der Waals surface area contributed by atoms with Crippen molar-refractivity contribution < 1.29 is 18.3 Å². The van der Waals surface area contributed by atoms with Gasteiger partial charge in [-0.05, 0) is 35.9 Å². The van der Waals surface area contributed by atoms with Gasteiger partial charge in [0.15, 0.2) is 5.13 Å². The molecule has 0 saturated heterocycles. The van der Waals surface area contributed by atoms with Crippen molar-refractivity contribution in [1.82, 2.24) is 10.3 Å². The number of anilines is 1. The number of carbonyl (C=O) groups excluding carboxylic acids is 1. The van der Waals surface area contributed by atoms with Crippen molar-refractivity contribution in [3.63, 3.8) is 0 Å². The first-order chi connectivity index (χ1) is 12.8. The smallest absolute Gasteiger partial charge is 0.263 e. The van der Waals surface area contributed by atoms with Crippen LogP contribution in [0.4, 0.5) is 5.13 Å². The fraction of sp³-hybridized carbons (Fsp3) is 0.0588. The van der Waals surface area contributed by atoms with Crippen LogP contribution in [0.5, 0.6) is 5.75 Å². The van der Waals surface area contributed by atoms with Gasteiger partial charge in [0.05, 0.1) is 10.5 Å². The van der Waals surface area contributed by atoms with E-state index in [4.69, 9.17) is 11.6 Å². The van der Waals surface area contributed by atoms with Gasteiger partial charge in [-0.25, -0.2) is 13.4 Å². The van der Waals surface area contributed by atoms with Gasteiger partial charge in [-0.3, -0.25) is 9.52 Å². The molecule has 0 spiro atoms. The highest BCUT2D eigenvalue weighted by atomic mass is 35.5. The molecular weight excluding hydrogens is 410 g/mol. The molecular formula is C17H14ClN3O4S2. The number of sulfonamides is 1. The largest absolute Gasteiger partial charge is 0.507 e. The molecule has 7 nitrogen and oxygen atoms in total. The third-order valence-corrected chi connectivity index (χ3v) is 5.95. The molecule has 0 fully saturated rings. The van der Waals surface area contributed by atoms with Crippen LogP contribution in [0.1, 0.15) is 15.9 Å². The fourth-order valence-electron chi connectivity index (χ4n) is 2.20. The molecule has 1 amide bonds. The summed E-state index contributed by atoms with van der Waals surface area (Å²) in [6, 6.07) is 10.2. The van der Waals surface area contributed by atoms with Crippen LogP contribution in [-0.4, -0.2) is 24.4 Å². The van der Waals surface area contributed by atoms with Crippen LogP contribution >= 0.6 is 22.9 Å². The van der Waals surface area contributed by atoms with E-state index in [1.165, 1.54) is 47.9 Å². The summed E-state index contributed by atoms with van der Waals surface area (Å²) in [4.78, 5) is 16.1. The highest BCUT2D eigenvalue weighted by Gasteiger charge is 2.16. The van der Waals surface area contributed by atoms with Gasteiger partial charge < -0.3 is 10.4 Å². The van der Waals surface area contributed by atoms with Gasteiger partial charge in [-0.15, -0.1) is 11.3 Å². The van der Waals surface area contributed by atoms with E-state index in [-0.39, 0.29) is 27.9 Å². The molecule has 2 aromatic carbocycles. The number of amides is 1. The molecule has 0 unspecified atom stereocenters. The summed E-state index contributed by atoms with van der Waals surface area (Å²) in [5.41, 5.74) is 0.757. The number of hydrogen-bond acceptors (Lipinski definition) is 6. The Balaban J connectivity index is 1.65. The highest BCUT2D eigenvalue weighted by Crippen LogP contribution is 2.22. The quantitative estimate of drug-likeness (QED) is 0.564. The average Bonchev–Trinajstić information content (AvgIpc) is 3.14. The molecule has 3 rings (SSSR count). The molecule has 27 heavy (non-hydrogen) atoms. The number of nitrogens with one attached hydrogen (secondary N) is 2. The molecule has 0 aliphatic rings. The third kappa shape index (κ3) is 4.76. The van der Waals surface area contributed by atoms with Gasteiger partial charge in [0, 0.05) is 23.1 Å². The molecule has 1 aromatic heterocycles. The van der Waals surface area contributed by atoms with E-state index >= 15 is 0 Å². The summed E-state index contributed by atoms with van der Waals surface area (Å²) in [5, 5.41) is 14.7. The van der Waals surface area contributed by atoms with Gasteiger partial charge in [0.1, 0.15) is 5.75 Å². The van der Waals surface area contributed by atoms with Crippen LogP contribution in [0.15, 0.2) is 58.9 Å². The van der Waals surface area contributed by atoms with E-state index in [9.17, 15) is 18.3 Å². The lowest BCUT2D eigenvalue weighted by Crippen LogP contribution is -2.23. The summed E-state index contributed by atoms with van der Waals surface area (Å²) < 4.78 is 26.9. The maximum atomic E-state index is 12.3. The highest BCUT2D eigenvalue weighted by molar-refractivity contribution is 7.93. The van der Waals surface area contributed by atoms with Crippen molar-refractivity contribution in [3.05, 3.63) is 70.2 Å². The second-order valence-electron chi connectivity index (χ2n) is 5.43. The van der Waals surface area contributed by atoms with Gasteiger partial charge >= 0.3 is 0 Å². The van der Waals surface area contributed by atoms with E-state index < -0.39 is 15.9 Å². The number of halogens is 1. The first kappa shape index (κ1) is 19.2. The summed E-state index contributed by atoms with van der Waals surface area (Å²) in [6.45, 7) is 0.158. The second kappa shape index (κ2) is 7.95. The van der Waals surface area contributed by atoms with Crippen molar-refractivity contribution in [3.8, 4) is 5.75 Å². The number of phenolic OH excluding ortho intramolecular Hbond substituents is 1. The standard InChI is InChI=1S/C17H14ClN3O4S2/c18-12-3-6-15(22)14(9-12)16(23)20-10-11-1-4-13(5-2-11)27(24,25)21-17-19-7-8-26-17/h1-9,22H,10H2,(H,19,21)(H,20,23). The molecule has 1 heterocycles. The average molecular weight is 424 g/mol. The number of aromatic nitrogens is 1. The zero-order chi connectivity index (χ0) is 19.4. The number of rotatable bonds is 6. The van der Waals surface area contributed by atoms with Crippen molar-refractivity contribution >= 4 is 44.0 Å². The first-order valence-electron chi connectivity index (χ1n) is 7.63. The predicted molar refractivity (Wildman–Crippen MR) is 104 cm³/mol. The maximum Gasteiger partial charge on any atom is 0.263 e. The number of carbonyl (C=O) groups is 1. The number of phenols is 1. The Morgan fingerprint density at radius 2 is 1.93 bits per heavy atom. The normalized spacial score (nSPS) is 11.1. The Bertz CT molecular complexity index is 1050. The lowest BCUT2D eigenvalue weighted by molar-refractivity contribution is 0.0948. The number of hydrogen-bond donors (Lipinski definition) is 3. The topological polar surface area (TPSA) is 108 Å². The molecule has 0 aliphatic heterocycles. The Kier molecular flexibility index (Phi) is 5.64. The van der Waals surface area contributed by atoms with E-state index in [2.05, 4.69) is 15.0 Å². The lowest BCUT2D eigenvalue weighted by Gasteiger charge is -2.09. The molecule has 0 atom stereocenters. The molecule has 0 aliphatic carbocycles. The van der Waals surface area contributed by atoms with Gasteiger partial charge in [0.25, 0.3) is 15.9 Å². The minimum absolute atomic E-state index is 0.0642. The zero-order valence-corrected chi connectivity index (χ0v) is 16.1. The van der Waals surface area contributed by atoms with Gasteiger partial charge in [-0.1, -0.05) is 23.7 Å². The molecule has 0 bridgehead atoms. The van der Waals surface area contributed by atoms with Gasteiger partial charge in [0.2, 0.25) is 0 Å². The van der Waals surface area contributed by atoms with E-state index in [0.29, 0.717) is 10.6 Å². The molecule has 140 valence electrons.